The van der Waals surface area contributed by atoms with Gasteiger partial charge in [-0.2, -0.15) is 0 Å². The van der Waals surface area contributed by atoms with Gasteiger partial charge in [0.05, 0.1) is 23.1 Å². The lowest BCUT2D eigenvalue weighted by atomic mass is 10.1. The summed E-state index contributed by atoms with van der Waals surface area (Å²) in [5.74, 6) is -0.450. The Kier molecular flexibility index (Phi) is 4.11. The average molecular weight is 322 g/mol. The number of aromatic nitrogens is 1. The third kappa shape index (κ3) is 2.89. The molecule has 0 aliphatic carbocycles. The summed E-state index contributed by atoms with van der Waals surface area (Å²) in [6.07, 6.45) is 4.11. The van der Waals surface area contributed by atoms with Crippen molar-refractivity contribution in [2.45, 2.75) is 0 Å². The molecule has 0 saturated carbocycles. The van der Waals surface area contributed by atoms with Crippen molar-refractivity contribution in [1.29, 1.82) is 0 Å². The van der Waals surface area contributed by atoms with E-state index in [0.717, 1.165) is 22.8 Å². The van der Waals surface area contributed by atoms with Gasteiger partial charge in [-0.3, -0.25) is 10.1 Å². The molecule has 0 fully saturated rings. The predicted molar refractivity (Wildman–Crippen MR) is 90.6 cm³/mol. The van der Waals surface area contributed by atoms with Crippen LogP contribution in [0.25, 0.3) is 22.7 Å². The molecular weight excluding hydrogens is 308 g/mol. The van der Waals surface area contributed by atoms with Gasteiger partial charge < -0.3 is 9.30 Å². The number of para-hydroxylation sites is 1. The first-order valence-electron chi connectivity index (χ1n) is 7.20. The minimum Gasteiger partial charge on any atom is -0.465 e. The van der Waals surface area contributed by atoms with Crippen LogP contribution in [-0.2, 0) is 4.74 Å². The molecule has 0 aliphatic rings. The van der Waals surface area contributed by atoms with Crippen molar-refractivity contribution < 1.29 is 14.5 Å². The molecule has 3 aromatic rings. The van der Waals surface area contributed by atoms with Crippen LogP contribution in [0.2, 0.25) is 0 Å². The molecule has 0 aliphatic heterocycles. The fourth-order valence-electron chi connectivity index (χ4n) is 2.58. The van der Waals surface area contributed by atoms with Gasteiger partial charge in [-0.1, -0.05) is 18.2 Å². The Bertz CT molecular complexity index is 942. The highest BCUT2D eigenvalue weighted by Gasteiger charge is 2.13. The van der Waals surface area contributed by atoms with Gasteiger partial charge in [-0.05, 0) is 30.3 Å². The lowest BCUT2D eigenvalue weighted by Crippen LogP contribution is -2.00. The number of ether oxygens (including phenoxy) is 1. The number of nitrogens with zero attached hydrogens (tertiary/aromatic N) is 2. The van der Waals surface area contributed by atoms with E-state index in [2.05, 4.69) is 0 Å². The van der Waals surface area contributed by atoms with E-state index in [1.165, 1.54) is 13.2 Å². The topological polar surface area (TPSA) is 74.4 Å². The molecule has 2 aromatic carbocycles. The molecule has 3 rings (SSSR count). The van der Waals surface area contributed by atoms with Gasteiger partial charge >= 0.3 is 5.97 Å². The van der Waals surface area contributed by atoms with E-state index in [9.17, 15) is 14.9 Å². The summed E-state index contributed by atoms with van der Waals surface area (Å²) in [4.78, 5) is 21.9. The van der Waals surface area contributed by atoms with Crippen LogP contribution in [0.4, 0.5) is 0 Å². The molecule has 1 aromatic heterocycles. The van der Waals surface area contributed by atoms with Crippen LogP contribution in [-0.4, -0.2) is 22.6 Å². The average Bonchev–Trinajstić information content (AvgIpc) is 2.98. The Morgan fingerprint density at radius 1 is 1.21 bits per heavy atom. The molecule has 6 nitrogen and oxygen atoms in total. The molecular formula is C18H14N2O4. The summed E-state index contributed by atoms with van der Waals surface area (Å²) in [6, 6.07) is 14.8. The van der Waals surface area contributed by atoms with E-state index in [4.69, 9.17) is 4.74 Å². The molecule has 24 heavy (non-hydrogen) atoms. The maximum absolute atomic E-state index is 11.8. The monoisotopic (exact) mass is 322 g/mol. The minimum absolute atomic E-state index is 0.395. The van der Waals surface area contributed by atoms with Crippen LogP contribution in [0.5, 0.6) is 0 Å². The Balaban J connectivity index is 2.23. The number of methoxy groups -OCH3 is 1. The smallest absolute Gasteiger partial charge is 0.337 e. The number of rotatable bonds is 4. The van der Waals surface area contributed by atoms with E-state index in [1.54, 1.807) is 24.4 Å². The molecule has 0 unspecified atom stereocenters. The van der Waals surface area contributed by atoms with Gasteiger partial charge in [0.1, 0.15) is 0 Å². The second kappa shape index (κ2) is 6.37. The first kappa shape index (κ1) is 15.5. The van der Waals surface area contributed by atoms with Crippen LogP contribution in [0.3, 0.4) is 0 Å². The van der Waals surface area contributed by atoms with E-state index in [-0.39, 0.29) is 0 Å². The summed E-state index contributed by atoms with van der Waals surface area (Å²) in [5, 5.41) is 11.4. The number of fused-ring (bicyclic) bond motifs is 1. The van der Waals surface area contributed by atoms with Crippen molar-refractivity contribution >= 4 is 22.9 Å². The zero-order chi connectivity index (χ0) is 17.1. The van der Waals surface area contributed by atoms with Crippen molar-refractivity contribution in [3.05, 3.63) is 82.2 Å². The largest absolute Gasteiger partial charge is 0.465 e. The summed E-state index contributed by atoms with van der Waals surface area (Å²) < 4.78 is 6.67. The fourth-order valence-corrected chi connectivity index (χ4v) is 2.58. The van der Waals surface area contributed by atoms with Gasteiger partial charge in [0.2, 0.25) is 6.20 Å². The van der Waals surface area contributed by atoms with E-state index in [1.807, 2.05) is 34.9 Å². The van der Waals surface area contributed by atoms with Crippen molar-refractivity contribution in [2.75, 3.05) is 7.11 Å². The van der Waals surface area contributed by atoms with Crippen LogP contribution >= 0.6 is 0 Å². The highest BCUT2D eigenvalue weighted by molar-refractivity contribution is 5.98. The number of nitro groups is 1. The summed E-state index contributed by atoms with van der Waals surface area (Å²) in [5.41, 5.74) is 2.81. The zero-order valence-corrected chi connectivity index (χ0v) is 12.9. The number of hydrogen-bond acceptors (Lipinski definition) is 4. The van der Waals surface area contributed by atoms with E-state index >= 15 is 0 Å². The first-order valence-corrected chi connectivity index (χ1v) is 7.20. The Labute approximate surface area is 137 Å². The SMILES string of the molecule is COC(=O)c1ccc2c(c1)c(/C=C/[N+](=O)[O-])cn2-c1ccccc1. The standard InChI is InChI=1S/C18H14N2O4/c1-24-18(21)13-7-8-17-16(11-13)14(9-10-20(22)23)12-19(17)15-5-3-2-4-6-15/h2-12H,1H3/b10-9+. The molecule has 6 heteroatoms. The summed E-state index contributed by atoms with van der Waals surface area (Å²) in [7, 11) is 1.31. The predicted octanol–water partition coefficient (Wildman–Crippen LogP) is 3.66. The van der Waals surface area contributed by atoms with Crippen molar-refractivity contribution in [1.82, 2.24) is 4.57 Å². The normalized spacial score (nSPS) is 11.0. The van der Waals surface area contributed by atoms with E-state index in [0.29, 0.717) is 11.1 Å². The molecule has 0 radical (unpaired) electrons. The molecule has 0 amide bonds. The lowest BCUT2D eigenvalue weighted by molar-refractivity contribution is -0.400. The zero-order valence-electron chi connectivity index (χ0n) is 12.9. The van der Waals surface area contributed by atoms with Crippen LogP contribution in [0, 0.1) is 10.1 Å². The highest BCUT2D eigenvalue weighted by Crippen LogP contribution is 2.27. The number of carbonyl (C=O) groups is 1. The maximum atomic E-state index is 11.8. The molecule has 1 heterocycles. The van der Waals surface area contributed by atoms with Crippen LogP contribution < -0.4 is 0 Å². The second-order valence-corrected chi connectivity index (χ2v) is 5.11. The summed E-state index contributed by atoms with van der Waals surface area (Å²) >= 11 is 0. The van der Waals surface area contributed by atoms with Gasteiger partial charge in [0, 0.05) is 28.9 Å². The molecule has 0 saturated heterocycles. The lowest BCUT2D eigenvalue weighted by Gasteiger charge is -2.05. The van der Waals surface area contributed by atoms with Crippen LogP contribution in [0.1, 0.15) is 15.9 Å². The third-order valence-electron chi connectivity index (χ3n) is 3.67. The number of esters is 1. The fraction of sp³-hybridized carbons (Fsp3) is 0.0556. The number of hydrogen-bond donors (Lipinski definition) is 0. The van der Waals surface area contributed by atoms with Crippen molar-refractivity contribution in [2.24, 2.45) is 0 Å². The highest BCUT2D eigenvalue weighted by atomic mass is 16.6. The molecule has 0 atom stereocenters. The summed E-state index contributed by atoms with van der Waals surface area (Å²) in [6.45, 7) is 0. The Hall–Kier alpha value is -3.41. The second-order valence-electron chi connectivity index (χ2n) is 5.11. The van der Waals surface area contributed by atoms with Gasteiger partial charge in [-0.25, -0.2) is 4.79 Å². The van der Waals surface area contributed by atoms with Gasteiger partial charge in [0.25, 0.3) is 0 Å². The third-order valence-corrected chi connectivity index (χ3v) is 3.67. The maximum Gasteiger partial charge on any atom is 0.337 e. The van der Waals surface area contributed by atoms with Crippen molar-refractivity contribution in [3.8, 4) is 5.69 Å². The van der Waals surface area contributed by atoms with Crippen molar-refractivity contribution in [3.63, 3.8) is 0 Å². The number of carbonyl (C=O) groups excluding carboxylic acids is 1. The van der Waals surface area contributed by atoms with Gasteiger partial charge in [-0.15, -0.1) is 0 Å². The molecule has 0 spiro atoms. The minimum atomic E-state index is -0.518. The molecule has 0 bridgehead atoms. The number of benzene rings is 2. The first-order chi connectivity index (χ1) is 11.6. The van der Waals surface area contributed by atoms with Crippen LogP contribution in [0.15, 0.2) is 60.9 Å². The molecule has 0 N–H and O–H groups in total. The Morgan fingerprint density at radius 2 is 1.96 bits per heavy atom. The van der Waals surface area contributed by atoms with E-state index < -0.39 is 10.9 Å². The quantitative estimate of drug-likeness (QED) is 0.417. The Morgan fingerprint density at radius 3 is 2.62 bits per heavy atom. The van der Waals surface area contributed by atoms with Gasteiger partial charge in [0.15, 0.2) is 0 Å². The molecule has 120 valence electrons.